The minimum absolute atomic E-state index is 0.0956. The molecule has 0 aliphatic carbocycles. The van der Waals surface area contributed by atoms with Gasteiger partial charge in [0, 0.05) is 23.9 Å². The molecule has 0 radical (unpaired) electrons. The number of H-pyrrole nitrogens is 1. The molecule has 0 unspecified atom stereocenters. The lowest BCUT2D eigenvalue weighted by molar-refractivity contribution is 0.102. The Bertz CT molecular complexity index is 1540. The molecule has 0 saturated carbocycles. The highest BCUT2D eigenvalue weighted by atomic mass is 32.2. The molecule has 0 bridgehead atoms. The van der Waals surface area contributed by atoms with Crippen LogP contribution in [-0.4, -0.2) is 35.6 Å². The molecule has 1 amide bonds. The number of para-hydroxylation sites is 2. The van der Waals surface area contributed by atoms with Gasteiger partial charge in [-0.1, -0.05) is 12.1 Å². The molecule has 0 aliphatic heterocycles. The van der Waals surface area contributed by atoms with Crippen LogP contribution in [0.15, 0.2) is 101 Å². The van der Waals surface area contributed by atoms with Gasteiger partial charge in [-0.15, -0.1) is 0 Å². The lowest BCUT2D eigenvalue weighted by Gasteiger charge is -2.16. The Morgan fingerprint density at radius 3 is 2.40 bits per heavy atom. The maximum Gasteiger partial charge on any atom is 0.255 e. The Balaban J connectivity index is 1.26. The van der Waals surface area contributed by atoms with E-state index in [1.165, 1.54) is 41.9 Å². The normalized spacial score (nSPS) is 11.7. The fourth-order valence-corrected chi connectivity index (χ4v) is 4.81. The van der Waals surface area contributed by atoms with E-state index < -0.39 is 10.0 Å². The summed E-state index contributed by atoms with van der Waals surface area (Å²) in [5, 5.41) is 2.83. The monoisotopic (exact) mass is 486 g/mol. The molecule has 0 saturated heterocycles. The molecule has 2 aromatic heterocycles. The highest BCUT2D eigenvalue weighted by Gasteiger charge is 2.22. The largest absolute Gasteiger partial charge is 0.468 e. The summed E-state index contributed by atoms with van der Waals surface area (Å²) in [6.07, 6.45) is 1.50. The molecule has 5 aromatic rings. The molecule has 8 nitrogen and oxygen atoms in total. The van der Waals surface area contributed by atoms with Crippen LogP contribution in [0.2, 0.25) is 0 Å². The number of fused-ring (bicyclic) bond motifs is 1. The summed E-state index contributed by atoms with van der Waals surface area (Å²) in [5.41, 5.74) is 3.70. The van der Waals surface area contributed by atoms with Gasteiger partial charge in [0.25, 0.3) is 5.91 Å². The number of nitrogens with one attached hydrogen (secondary N) is 2. The minimum Gasteiger partial charge on any atom is -0.468 e. The van der Waals surface area contributed by atoms with Gasteiger partial charge in [0.1, 0.15) is 11.6 Å². The van der Waals surface area contributed by atoms with Gasteiger partial charge in [0.15, 0.2) is 0 Å². The molecule has 0 fully saturated rings. The number of hydrogen-bond donors (Lipinski definition) is 2. The van der Waals surface area contributed by atoms with Crippen LogP contribution in [-0.2, 0) is 16.6 Å². The van der Waals surface area contributed by atoms with E-state index in [9.17, 15) is 13.2 Å². The number of imidazole rings is 1. The van der Waals surface area contributed by atoms with Gasteiger partial charge < -0.3 is 14.7 Å². The SMILES string of the molecule is CN(Cc1ccco1)S(=O)(=O)c1ccc(C(=O)Nc2ccc(-c3nc4ccccc4[nH]3)cc2)cc1. The van der Waals surface area contributed by atoms with Gasteiger partial charge >= 0.3 is 0 Å². The molecule has 2 N–H and O–H groups in total. The van der Waals surface area contributed by atoms with Gasteiger partial charge in [0.05, 0.1) is 28.7 Å². The van der Waals surface area contributed by atoms with Gasteiger partial charge in [-0.3, -0.25) is 4.79 Å². The summed E-state index contributed by atoms with van der Waals surface area (Å²) in [5.74, 6) is 0.950. The first-order valence-corrected chi connectivity index (χ1v) is 12.3. The molecule has 176 valence electrons. The molecule has 0 spiro atoms. The number of rotatable bonds is 7. The van der Waals surface area contributed by atoms with Gasteiger partial charge in [-0.05, 0) is 72.8 Å². The first-order chi connectivity index (χ1) is 16.9. The average molecular weight is 487 g/mol. The Morgan fingerprint density at radius 1 is 0.971 bits per heavy atom. The Hall–Kier alpha value is -4.21. The number of amides is 1. The van der Waals surface area contributed by atoms with Crippen molar-refractivity contribution in [1.82, 2.24) is 14.3 Å². The summed E-state index contributed by atoms with van der Waals surface area (Å²) in [6.45, 7) is 0.113. The number of furan rings is 1. The van der Waals surface area contributed by atoms with Crippen molar-refractivity contribution in [3.63, 3.8) is 0 Å². The van der Waals surface area contributed by atoms with Crippen molar-refractivity contribution in [1.29, 1.82) is 0 Å². The zero-order chi connectivity index (χ0) is 24.4. The number of aromatic nitrogens is 2. The molecule has 3 aromatic carbocycles. The third-order valence-corrected chi connectivity index (χ3v) is 7.41. The zero-order valence-electron chi connectivity index (χ0n) is 18.8. The van der Waals surface area contributed by atoms with Crippen LogP contribution in [0.3, 0.4) is 0 Å². The smallest absolute Gasteiger partial charge is 0.255 e. The van der Waals surface area contributed by atoms with Crippen LogP contribution in [0.5, 0.6) is 0 Å². The van der Waals surface area contributed by atoms with Gasteiger partial charge in [-0.2, -0.15) is 4.31 Å². The van der Waals surface area contributed by atoms with E-state index in [1.54, 1.807) is 24.3 Å². The molecule has 5 rings (SSSR count). The zero-order valence-corrected chi connectivity index (χ0v) is 19.6. The second-order valence-electron chi connectivity index (χ2n) is 8.00. The van der Waals surface area contributed by atoms with Crippen molar-refractivity contribution >= 4 is 32.7 Å². The molecule has 0 atom stereocenters. The molecular formula is C26H22N4O4S. The van der Waals surface area contributed by atoms with Crippen molar-refractivity contribution in [2.45, 2.75) is 11.4 Å². The van der Waals surface area contributed by atoms with E-state index >= 15 is 0 Å². The number of hydrogen-bond acceptors (Lipinski definition) is 5. The second-order valence-corrected chi connectivity index (χ2v) is 10.0. The quantitative estimate of drug-likeness (QED) is 0.340. The van der Waals surface area contributed by atoms with Crippen molar-refractivity contribution in [3.05, 3.63) is 103 Å². The summed E-state index contributed by atoms with van der Waals surface area (Å²) in [4.78, 5) is 20.6. The number of nitrogens with zero attached hydrogens (tertiary/aromatic N) is 2. The minimum atomic E-state index is -3.72. The predicted molar refractivity (Wildman–Crippen MR) is 133 cm³/mol. The van der Waals surface area contributed by atoms with Crippen LogP contribution in [0.25, 0.3) is 22.4 Å². The number of carbonyl (C=O) groups excluding carboxylic acids is 1. The van der Waals surface area contributed by atoms with Crippen LogP contribution >= 0.6 is 0 Å². The Labute approximate surface area is 202 Å². The third kappa shape index (κ3) is 4.72. The molecular weight excluding hydrogens is 464 g/mol. The third-order valence-electron chi connectivity index (χ3n) is 5.59. The molecule has 0 aliphatic rings. The van der Waals surface area contributed by atoms with E-state index in [4.69, 9.17) is 4.42 Å². The number of aromatic amines is 1. The standard InChI is InChI=1S/C26H22N4O4S/c1-30(17-21-5-4-16-34-21)35(32,33)22-14-10-19(11-15-22)26(31)27-20-12-8-18(9-13-20)25-28-23-6-2-3-7-24(23)29-25/h2-16H,17H2,1H3,(H,27,31)(H,28,29). The number of carbonyl (C=O) groups is 1. The Morgan fingerprint density at radius 2 is 1.71 bits per heavy atom. The summed E-state index contributed by atoms with van der Waals surface area (Å²) in [6, 6.07) is 24.4. The molecule has 9 heteroatoms. The summed E-state index contributed by atoms with van der Waals surface area (Å²) < 4.78 is 32.0. The Kier molecular flexibility index (Phi) is 5.94. The fourth-order valence-electron chi connectivity index (χ4n) is 3.67. The van der Waals surface area contributed by atoms with Crippen molar-refractivity contribution in [3.8, 4) is 11.4 Å². The van der Waals surface area contributed by atoms with E-state index in [-0.39, 0.29) is 17.3 Å². The maximum absolute atomic E-state index is 12.8. The number of sulfonamides is 1. The van der Waals surface area contributed by atoms with Crippen LogP contribution in [0, 0.1) is 0 Å². The highest BCUT2D eigenvalue weighted by Crippen LogP contribution is 2.23. The maximum atomic E-state index is 12.8. The van der Waals surface area contributed by atoms with Crippen LogP contribution < -0.4 is 5.32 Å². The summed E-state index contributed by atoms with van der Waals surface area (Å²) >= 11 is 0. The predicted octanol–water partition coefficient (Wildman–Crippen LogP) is 4.90. The van der Waals surface area contributed by atoms with Crippen LogP contribution in [0.1, 0.15) is 16.1 Å². The fraction of sp³-hybridized carbons (Fsp3) is 0.0769. The topological polar surface area (TPSA) is 108 Å². The van der Waals surface area contributed by atoms with E-state index in [0.717, 1.165) is 22.4 Å². The lowest BCUT2D eigenvalue weighted by Crippen LogP contribution is -2.26. The van der Waals surface area contributed by atoms with E-state index in [2.05, 4.69) is 15.3 Å². The first-order valence-electron chi connectivity index (χ1n) is 10.9. The number of benzene rings is 3. The first kappa shape index (κ1) is 22.6. The highest BCUT2D eigenvalue weighted by molar-refractivity contribution is 7.89. The van der Waals surface area contributed by atoms with Crippen molar-refractivity contribution in [2.75, 3.05) is 12.4 Å². The molecule has 35 heavy (non-hydrogen) atoms. The van der Waals surface area contributed by atoms with Gasteiger partial charge in [-0.25, -0.2) is 13.4 Å². The summed E-state index contributed by atoms with van der Waals surface area (Å²) in [7, 11) is -2.25. The van der Waals surface area contributed by atoms with Crippen LogP contribution in [0.4, 0.5) is 5.69 Å². The molecule has 2 heterocycles. The van der Waals surface area contributed by atoms with Crippen molar-refractivity contribution in [2.24, 2.45) is 0 Å². The van der Waals surface area contributed by atoms with Gasteiger partial charge in [0.2, 0.25) is 10.0 Å². The second kappa shape index (κ2) is 9.21. The van der Waals surface area contributed by atoms with E-state index in [0.29, 0.717) is 17.0 Å². The number of anilines is 1. The average Bonchev–Trinajstić information content (AvgIpc) is 3.54. The lowest BCUT2D eigenvalue weighted by atomic mass is 10.1. The van der Waals surface area contributed by atoms with E-state index in [1.807, 2.05) is 36.4 Å². The van der Waals surface area contributed by atoms with Crippen molar-refractivity contribution < 1.29 is 17.6 Å².